The molecular formula is C21H22N4O5S. The summed E-state index contributed by atoms with van der Waals surface area (Å²) in [6.45, 7) is 3.69. The average Bonchev–Trinajstić information content (AvgIpc) is 3.05. The van der Waals surface area contributed by atoms with Crippen LogP contribution in [0.3, 0.4) is 0 Å². The number of hydrogen-bond donors (Lipinski definition) is 1. The summed E-state index contributed by atoms with van der Waals surface area (Å²) in [7, 11) is -4.53. The molecule has 31 heavy (non-hydrogen) atoms. The minimum Gasteiger partial charge on any atom is -0.421 e. The van der Waals surface area contributed by atoms with E-state index in [2.05, 4.69) is 27.0 Å². The number of oxazole rings is 1. The van der Waals surface area contributed by atoms with Crippen molar-refractivity contribution >= 4 is 44.9 Å². The molecule has 162 valence electrons. The van der Waals surface area contributed by atoms with E-state index in [9.17, 15) is 17.8 Å². The van der Waals surface area contributed by atoms with Crippen molar-refractivity contribution in [3.05, 3.63) is 41.5 Å². The van der Waals surface area contributed by atoms with Gasteiger partial charge in [0.25, 0.3) is 10.1 Å². The number of nitrogens with zero attached hydrogens (tertiary/aromatic N) is 4. The smallest absolute Gasteiger partial charge is 0.341 e. The monoisotopic (exact) mass is 442 g/mol. The number of aryl methyl sites for hydroxylation is 1. The fraction of sp³-hybridized carbons (Fsp3) is 0.333. The Kier molecular flexibility index (Phi) is 5.84. The number of rotatable bonds is 6. The van der Waals surface area contributed by atoms with Crippen LogP contribution in [-0.2, 0) is 16.5 Å². The van der Waals surface area contributed by atoms with Crippen LogP contribution in [0.25, 0.3) is 11.1 Å². The van der Waals surface area contributed by atoms with E-state index in [1.807, 2.05) is 0 Å². The van der Waals surface area contributed by atoms with Gasteiger partial charge >= 0.3 is 6.01 Å². The van der Waals surface area contributed by atoms with Crippen LogP contribution in [0.15, 0.2) is 49.9 Å². The van der Waals surface area contributed by atoms with Gasteiger partial charge in [-0.3, -0.25) is 9.35 Å². The summed E-state index contributed by atoms with van der Waals surface area (Å²) in [5.74, 6) is 0. The van der Waals surface area contributed by atoms with Gasteiger partial charge in [0, 0.05) is 24.3 Å². The zero-order valence-electron chi connectivity index (χ0n) is 17.0. The maximum Gasteiger partial charge on any atom is 0.341 e. The van der Waals surface area contributed by atoms with Gasteiger partial charge in [0.05, 0.1) is 0 Å². The number of carbonyl (C=O) groups excluding carboxylic acids is 1. The Labute approximate surface area is 179 Å². The highest BCUT2D eigenvalue weighted by Crippen LogP contribution is 2.36. The van der Waals surface area contributed by atoms with Crippen LogP contribution < -0.4 is 4.90 Å². The highest BCUT2D eigenvalue weighted by molar-refractivity contribution is 7.86. The largest absolute Gasteiger partial charge is 0.421 e. The number of aromatic nitrogens is 1. The molecule has 0 bridgehead atoms. The molecule has 0 aliphatic carbocycles. The third-order valence-corrected chi connectivity index (χ3v) is 6.06. The number of benzene rings is 2. The second kappa shape index (κ2) is 8.56. The lowest BCUT2D eigenvalue weighted by atomic mass is 10.1. The van der Waals surface area contributed by atoms with Crippen molar-refractivity contribution in [2.24, 2.45) is 10.2 Å². The Morgan fingerprint density at radius 3 is 2.81 bits per heavy atom. The molecule has 0 fully saturated rings. The third-order valence-electron chi connectivity index (χ3n) is 5.18. The zero-order valence-corrected chi connectivity index (χ0v) is 17.8. The Morgan fingerprint density at radius 1 is 1.23 bits per heavy atom. The van der Waals surface area contributed by atoms with E-state index < -0.39 is 10.1 Å². The van der Waals surface area contributed by atoms with E-state index in [1.54, 1.807) is 18.2 Å². The summed E-state index contributed by atoms with van der Waals surface area (Å²) in [6.07, 6.45) is 4.36. The fourth-order valence-electron chi connectivity index (χ4n) is 3.76. The molecule has 1 aliphatic rings. The molecule has 1 aliphatic heterocycles. The average molecular weight is 442 g/mol. The van der Waals surface area contributed by atoms with Crippen molar-refractivity contribution in [3.8, 4) is 0 Å². The standard InChI is InChI=1S/C21H22N4O5S/c1-2-8-25-9-4-3-5-15-11-17(20(12-18(15)25)31(27,28)29)23-24-21-22-16-7-6-14(13-26)10-19(16)30-21/h6-7,10-13H,2-5,8-9H2,1H3,(H,27,28,29). The van der Waals surface area contributed by atoms with Crippen LogP contribution >= 0.6 is 0 Å². The molecular weight excluding hydrogens is 420 g/mol. The fourth-order valence-corrected chi connectivity index (χ4v) is 4.39. The van der Waals surface area contributed by atoms with Gasteiger partial charge in [0.2, 0.25) is 0 Å². The van der Waals surface area contributed by atoms with E-state index in [1.165, 1.54) is 12.1 Å². The van der Waals surface area contributed by atoms with Gasteiger partial charge < -0.3 is 9.32 Å². The summed E-state index contributed by atoms with van der Waals surface area (Å²) in [6, 6.07) is 7.80. The lowest BCUT2D eigenvalue weighted by Crippen LogP contribution is -2.25. The SMILES string of the molecule is CCCN1CCCCc2cc(N=Nc3nc4ccc(C=O)cc4o3)c(S(=O)(=O)O)cc21. The molecule has 0 spiro atoms. The number of aldehydes is 1. The second-order valence-electron chi connectivity index (χ2n) is 7.41. The number of carbonyl (C=O) groups is 1. The van der Waals surface area contributed by atoms with E-state index in [-0.39, 0.29) is 16.6 Å². The predicted molar refractivity (Wildman–Crippen MR) is 115 cm³/mol. The normalized spacial score (nSPS) is 14.7. The maximum absolute atomic E-state index is 12.1. The molecule has 1 N–H and O–H groups in total. The van der Waals surface area contributed by atoms with Gasteiger partial charge in [-0.25, -0.2) is 0 Å². The van der Waals surface area contributed by atoms with Crippen LogP contribution in [0, 0.1) is 0 Å². The Bertz CT molecular complexity index is 1270. The first-order chi connectivity index (χ1) is 14.9. The molecule has 3 aromatic rings. The van der Waals surface area contributed by atoms with Crippen molar-refractivity contribution in [1.29, 1.82) is 0 Å². The van der Waals surface area contributed by atoms with Gasteiger partial charge in [0.15, 0.2) is 5.58 Å². The van der Waals surface area contributed by atoms with Crippen molar-refractivity contribution in [3.63, 3.8) is 0 Å². The maximum atomic E-state index is 12.1. The van der Waals surface area contributed by atoms with Crippen LogP contribution in [0.5, 0.6) is 0 Å². The number of anilines is 1. The van der Waals surface area contributed by atoms with E-state index >= 15 is 0 Å². The zero-order chi connectivity index (χ0) is 22.0. The summed E-state index contributed by atoms with van der Waals surface area (Å²) < 4.78 is 39.4. The first kappa shape index (κ1) is 21.1. The highest BCUT2D eigenvalue weighted by atomic mass is 32.2. The molecule has 0 atom stereocenters. The topological polar surface area (TPSA) is 125 Å². The van der Waals surface area contributed by atoms with Crippen molar-refractivity contribution in [2.75, 3.05) is 18.0 Å². The molecule has 0 amide bonds. The molecule has 0 saturated heterocycles. The quantitative estimate of drug-likeness (QED) is 0.328. The summed E-state index contributed by atoms with van der Waals surface area (Å²) in [4.78, 5) is 16.9. The third kappa shape index (κ3) is 4.49. The van der Waals surface area contributed by atoms with Crippen molar-refractivity contribution < 1.29 is 22.2 Å². The van der Waals surface area contributed by atoms with E-state index in [0.717, 1.165) is 50.0 Å². The first-order valence-corrected chi connectivity index (χ1v) is 11.5. The van der Waals surface area contributed by atoms with Crippen molar-refractivity contribution in [1.82, 2.24) is 4.98 Å². The first-order valence-electron chi connectivity index (χ1n) is 10.1. The molecule has 10 heteroatoms. The van der Waals surface area contributed by atoms with Crippen LogP contribution in [0.2, 0.25) is 0 Å². The molecule has 9 nitrogen and oxygen atoms in total. The van der Waals surface area contributed by atoms with Gasteiger partial charge in [0.1, 0.15) is 22.4 Å². The lowest BCUT2D eigenvalue weighted by Gasteiger charge is -2.25. The number of azo groups is 1. The van der Waals surface area contributed by atoms with Gasteiger partial charge in [-0.2, -0.15) is 13.4 Å². The molecule has 1 aromatic heterocycles. The van der Waals surface area contributed by atoms with Crippen LogP contribution in [0.1, 0.15) is 42.1 Å². The van der Waals surface area contributed by atoms with Crippen LogP contribution in [0.4, 0.5) is 17.4 Å². The molecule has 0 radical (unpaired) electrons. The molecule has 4 rings (SSSR count). The number of fused-ring (bicyclic) bond motifs is 2. The number of hydrogen-bond acceptors (Lipinski definition) is 8. The van der Waals surface area contributed by atoms with Gasteiger partial charge in [-0.05, 0) is 61.6 Å². The highest BCUT2D eigenvalue weighted by Gasteiger charge is 2.23. The Balaban J connectivity index is 1.77. The van der Waals surface area contributed by atoms with E-state index in [0.29, 0.717) is 22.9 Å². The van der Waals surface area contributed by atoms with E-state index in [4.69, 9.17) is 4.42 Å². The van der Waals surface area contributed by atoms with Gasteiger partial charge in [-0.1, -0.05) is 12.0 Å². The summed E-state index contributed by atoms with van der Waals surface area (Å²) >= 11 is 0. The predicted octanol–water partition coefficient (Wildman–Crippen LogP) is 4.86. The Morgan fingerprint density at radius 2 is 2.06 bits per heavy atom. The Hall–Kier alpha value is -3.11. The second-order valence-corrected chi connectivity index (χ2v) is 8.80. The lowest BCUT2D eigenvalue weighted by molar-refractivity contribution is 0.112. The van der Waals surface area contributed by atoms with Crippen LogP contribution in [-0.4, -0.2) is 37.3 Å². The summed E-state index contributed by atoms with van der Waals surface area (Å²) in [5.41, 5.74) is 3.07. The molecule has 2 heterocycles. The summed E-state index contributed by atoms with van der Waals surface area (Å²) in [5, 5.41) is 7.97. The molecule has 2 aromatic carbocycles. The van der Waals surface area contributed by atoms with Crippen molar-refractivity contribution in [2.45, 2.75) is 37.5 Å². The van der Waals surface area contributed by atoms with Gasteiger partial charge in [-0.15, -0.1) is 5.11 Å². The molecule has 0 saturated carbocycles. The molecule has 0 unspecified atom stereocenters. The minimum atomic E-state index is -4.53. The minimum absolute atomic E-state index is 0.0236.